The molecule has 15 aliphatic rings. The van der Waals surface area contributed by atoms with Crippen molar-refractivity contribution in [2.45, 2.75) is 439 Å². The fourth-order valence-electron chi connectivity index (χ4n) is 24.1. The maximum atomic E-state index is 12.9. The Labute approximate surface area is 634 Å². The summed E-state index contributed by atoms with van der Waals surface area (Å²) in [6.07, 6.45) is 47.0. The summed E-state index contributed by atoms with van der Waals surface area (Å²) < 4.78 is 30.6. The molecule has 0 aromatic carbocycles. The molecule has 0 N–H and O–H groups in total. The number of hydrogen-bond donors (Lipinski definition) is 0. The zero-order chi connectivity index (χ0) is 74.4. The minimum Gasteiger partial charge on any atom is -0.459 e. The van der Waals surface area contributed by atoms with Crippen molar-refractivity contribution in [3.63, 3.8) is 0 Å². The highest BCUT2D eigenvalue weighted by molar-refractivity contribution is 5.78. The second-order valence-electron chi connectivity index (χ2n) is 42.1. The Bertz CT molecular complexity index is 2770. The summed E-state index contributed by atoms with van der Waals surface area (Å²) in [5.74, 6) is 11.7. The van der Waals surface area contributed by atoms with Gasteiger partial charge in [-0.2, -0.15) is 0 Å². The number of carbonyl (C=O) groups is 5. The fourth-order valence-corrected chi connectivity index (χ4v) is 24.1. The lowest BCUT2D eigenvalue weighted by Gasteiger charge is -2.62. The summed E-state index contributed by atoms with van der Waals surface area (Å²) in [5, 5.41) is 0. The topological polar surface area (TPSA) is 132 Å². The van der Waals surface area contributed by atoms with Gasteiger partial charge in [0, 0.05) is 22.7 Å². The zero-order valence-corrected chi connectivity index (χ0v) is 69.5. The largest absolute Gasteiger partial charge is 0.459 e. The van der Waals surface area contributed by atoms with Crippen LogP contribution >= 0.6 is 0 Å². The molecule has 10 nitrogen and oxygen atoms in total. The van der Waals surface area contributed by atoms with Crippen LogP contribution in [0.3, 0.4) is 0 Å². The number of fused-ring (bicyclic) bond motifs is 7. The number of carbonyl (C=O) groups excluding carboxylic acids is 5. The molecule has 103 heavy (non-hydrogen) atoms. The third kappa shape index (κ3) is 18.7. The molecule has 0 radical (unpaired) electrons. The molecule has 15 aliphatic carbocycles. The number of rotatable bonds is 20. The Balaban J connectivity index is 0.000000180. The number of esters is 5. The Hall–Kier alpha value is -2.65. The highest BCUT2D eigenvalue weighted by Gasteiger charge is 2.66. The summed E-state index contributed by atoms with van der Waals surface area (Å²) in [6, 6.07) is 0. The number of unbranched alkanes of at least 4 members (excludes halogenated alkanes) is 1. The van der Waals surface area contributed by atoms with Crippen LogP contribution in [0.2, 0.25) is 0 Å². The van der Waals surface area contributed by atoms with Crippen LogP contribution in [0.4, 0.5) is 0 Å². The molecule has 14 unspecified atom stereocenters. The smallest absolute Gasteiger partial charge is 0.312 e. The van der Waals surface area contributed by atoms with Gasteiger partial charge in [-0.1, -0.05) is 114 Å². The van der Waals surface area contributed by atoms with Crippen LogP contribution in [0.5, 0.6) is 0 Å². The Morgan fingerprint density at radius 1 is 0.369 bits per heavy atom. The molecular weight excluding hydrogens is 1280 g/mol. The SMILES string of the molecule is C.C.CCC(C)(C)C(=O)OC(C)(C)C12CC3CC(CC1C3)C2.CCC(C)(C)C(=O)OC1(C)CC2CC1C1CCCC21.CCC(C)(C)C(=O)OC1(C)CCC2CCCCC2C1.CCC(C)(C)C(=O)OC1(C)CCCC2CCCCC21.CCCCC(C)(OC(=O)C(C)(C)CC)C12CC3CC(CC(C3)C1)C2. The molecule has 0 heterocycles. The summed E-state index contributed by atoms with van der Waals surface area (Å²) in [4.78, 5) is 62.6. The van der Waals surface area contributed by atoms with Gasteiger partial charge in [0.25, 0.3) is 0 Å². The maximum Gasteiger partial charge on any atom is 0.312 e. The second kappa shape index (κ2) is 33.5. The lowest BCUT2D eigenvalue weighted by Crippen LogP contribution is -2.59. The van der Waals surface area contributed by atoms with Crippen LogP contribution < -0.4 is 0 Å². The van der Waals surface area contributed by atoms with Gasteiger partial charge >= 0.3 is 29.8 Å². The lowest BCUT2D eigenvalue weighted by molar-refractivity contribution is -0.213. The molecule has 0 aromatic rings. The molecule has 0 aromatic heterocycles. The van der Waals surface area contributed by atoms with E-state index >= 15 is 0 Å². The molecule has 596 valence electrons. The van der Waals surface area contributed by atoms with Gasteiger partial charge in [0.15, 0.2) is 0 Å². The van der Waals surface area contributed by atoms with E-state index < -0.39 is 0 Å². The lowest BCUT2D eigenvalue weighted by atomic mass is 9.45. The summed E-state index contributed by atoms with van der Waals surface area (Å²) in [5.41, 5.74) is -2.34. The first-order valence-corrected chi connectivity index (χ1v) is 43.2. The molecule has 10 bridgehead atoms. The van der Waals surface area contributed by atoms with Crippen molar-refractivity contribution in [2.24, 2.45) is 121 Å². The van der Waals surface area contributed by atoms with Crippen LogP contribution in [-0.4, -0.2) is 57.9 Å². The van der Waals surface area contributed by atoms with Gasteiger partial charge in [-0.05, 0) is 368 Å². The highest BCUT2D eigenvalue weighted by Crippen LogP contribution is 2.71. The van der Waals surface area contributed by atoms with Crippen LogP contribution in [0, 0.1) is 121 Å². The van der Waals surface area contributed by atoms with Gasteiger partial charge in [0.05, 0.1) is 27.1 Å². The van der Waals surface area contributed by atoms with E-state index in [9.17, 15) is 24.0 Å². The van der Waals surface area contributed by atoms with Gasteiger partial charge in [-0.3, -0.25) is 24.0 Å². The first-order valence-electron chi connectivity index (χ1n) is 43.2. The van der Waals surface area contributed by atoms with Crippen LogP contribution in [0.25, 0.3) is 0 Å². The Morgan fingerprint density at radius 3 is 1.30 bits per heavy atom. The van der Waals surface area contributed by atoms with Gasteiger partial charge in [0.2, 0.25) is 0 Å². The van der Waals surface area contributed by atoms with Crippen molar-refractivity contribution in [3.8, 4) is 0 Å². The van der Waals surface area contributed by atoms with Gasteiger partial charge in [0.1, 0.15) is 28.0 Å². The van der Waals surface area contributed by atoms with Crippen molar-refractivity contribution in [3.05, 3.63) is 0 Å². The second-order valence-corrected chi connectivity index (χ2v) is 42.1. The summed E-state index contributed by atoms with van der Waals surface area (Å²) in [7, 11) is 0. The van der Waals surface area contributed by atoms with Crippen molar-refractivity contribution >= 4 is 29.8 Å². The molecule has 0 amide bonds. The van der Waals surface area contributed by atoms with Crippen LogP contribution in [-0.2, 0) is 47.7 Å². The van der Waals surface area contributed by atoms with E-state index in [0.717, 1.165) is 142 Å². The highest BCUT2D eigenvalue weighted by atomic mass is 16.6. The standard InChI is InChI=1S/C22H38O2.C18H30O2.C17H28O2.2C17H30O2.2CH4/c1-6-8-9-21(5,24-19(23)20(3,4)7-2)22-13-16-10-17(14-22)12-18(11-16)15-22;1-6-16(2,3)15(19)20-17(4,5)18-10-12-7-13(11-18)9-14(18)8-12;1-5-16(2,3)15(18)19-17(4)10-11-9-14(17)13-8-6-7-12(11)13;1-5-16(2,3)15(18)19-17(4)12-8-10-13-9-6-7-11-14(13)17;1-5-16(2,3)15(18)19-17(4)11-10-13-8-6-7-9-14(13)12-17;;/h16-18H,6-15H2,1-5H3;12-14H,6-11H2,1-5H3;11-14H,5-10H2,1-4H3;2*13-14H,5-12H2,1-4H3;2*1H4. The summed E-state index contributed by atoms with van der Waals surface area (Å²) in [6.45, 7) is 45.9. The van der Waals surface area contributed by atoms with Gasteiger partial charge in [-0.25, -0.2) is 0 Å². The molecule has 14 atom stereocenters. The molecule has 0 spiro atoms. The van der Waals surface area contributed by atoms with E-state index in [1.165, 1.54) is 173 Å². The average molecular weight is 1440 g/mol. The molecule has 15 saturated carbocycles. The quantitative estimate of drug-likeness (QED) is 0.0857. The molecule has 15 rings (SSSR count). The minimum absolute atomic E-state index is 0. The average Bonchev–Trinajstić information content (AvgIpc) is 1.42. The first-order chi connectivity index (χ1) is 47.1. The Morgan fingerprint density at radius 2 is 0.796 bits per heavy atom. The van der Waals surface area contributed by atoms with E-state index in [2.05, 4.69) is 83.1 Å². The van der Waals surface area contributed by atoms with E-state index in [0.29, 0.717) is 11.8 Å². The molecule has 0 aliphatic heterocycles. The number of ether oxygens (including phenoxy) is 5. The molecule has 10 heteroatoms. The monoisotopic (exact) mass is 1440 g/mol. The van der Waals surface area contributed by atoms with Crippen LogP contribution in [0.15, 0.2) is 0 Å². The maximum absolute atomic E-state index is 12.9. The molecule has 15 fully saturated rings. The van der Waals surface area contributed by atoms with E-state index in [-0.39, 0.29) is 111 Å². The molecule has 0 saturated heterocycles. The zero-order valence-electron chi connectivity index (χ0n) is 69.5. The number of hydrogen-bond acceptors (Lipinski definition) is 10. The van der Waals surface area contributed by atoms with Crippen molar-refractivity contribution < 1.29 is 47.7 Å². The Kier molecular flexibility index (Phi) is 28.5. The van der Waals surface area contributed by atoms with Gasteiger partial charge < -0.3 is 23.7 Å². The van der Waals surface area contributed by atoms with Gasteiger partial charge in [-0.15, -0.1) is 0 Å². The van der Waals surface area contributed by atoms with Crippen molar-refractivity contribution in [2.75, 3.05) is 0 Å². The normalized spacial score (nSPS) is 37.7. The van der Waals surface area contributed by atoms with E-state index in [4.69, 9.17) is 23.7 Å². The summed E-state index contributed by atoms with van der Waals surface area (Å²) >= 11 is 0. The predicted molar refractivity (Wildman–Crippen MR) is 424 cm³/mol. The predicted octanol–water partition coefficient (Wildman–Crippen LogP) is 25.6. The first kappa shape index (κ1) is 87.6. The van der Waals surface area contributed by atoms with Crippen LogP contribution in [0.1, 0.15) is 411 Å². The van der Waals surface area contributed by atoms with Crippen molar-refractivity contribution in [1.29, 1.82) is 0 Å². The van der Waals surface area contributed by atoms with Crippen molar-refractivity contribution in [1.82, 2.24) is 0 Å². The third-order valence-electron chi connectivity index (χ3n) is 32.7. The fraction of sp³-hybridized carbons (Fsp3) is 0.946. The van der Waals surface area contributed by atoms with E-state index in [1.54, 1.807) is 0 Å². The third-order valence-corrected chi connectivity index (χ3v) is 32.7. The minimum atomic E-state index is -0.365. The van der Waals surface area contributed by atoms with E-state index in [1.807, 2.05) is 69.2 Å². The molecular formula is C93H164O10.